The van der Waals surface area contributed by atoms with Crippen molar-refractivity contribution < 1.29 is 15.4 Å². The third kappa shape index (κ3) is 1.65. The molecular weight excluding hydrogens is 266 g/mol. The summed E-state index contributed by atoms with van der Waals surface area (Å²) in [6.45, 7) is 0. The van der Waals surface area contributed by atoms with Crippen LogP contribution in [0.1, 0.15) is 22.3 Å². The molecule has 2 aromatic rings. The Morgan fingerprint density at radius 3 is 2.19 bits per heavy atom. The average molecular weight is 281 g/mol. The Morgan fingerprint density at radius 2 is 1.43 bits per heavy atom. The van der Waals surface area contributed by atoms with Gasteiger partial charge in [-0.2, -0.15) is 0 Å². The first kappa shape index (κ1) is 12.3. The summed E-state index contributed by atoms with van der Waals surface area (Å²) in [7, 11) is 0. The maximum Gasteiger partial charge on any atom is 0.115 e. The Bertz CT molecular complexity index is 778. The first-order chi connectivity index (χ1) is 10.1. The van der Waals surface area contributed by atoms with Gasteiger partial charge < -0.3 is 15.4 Å². The lowest BCUT2D eigenvalue weighted by atomic mass is 9.80. The minimum Gasteiger partial charge on any atom is -0.508 e. The Balaban J connectivity index is 1.82. The van der Waals surface area contributed by atoms with E-state index in [1.54, 1.807) is 24.3 Å². The van der Waals surface area contributed by atoms with Crippen LogP contribution in [-0.4, -0.2) is 21.1 Å². The first-order valence-corrected chi connectivity index (χ1v) is 6.97. The molecule has 0 aromatic heterocycles. The highest BCUT2D eigenvalue weighted by molar-refractivity contribution is 6.09. The number of hydrogen-bond acceptors (Lipinski definition) is 4. The molecule has 0 amide bonds. The molecule has 1 atom stereocenters. The number of phenols is 2. The van der Waals surface area contributed by atoms with Crippen LogP contribution in [0.4, 0.5) is 0 Å². The molecule has 0 bridgehead atoms. The lowest BCUT2D eigenvalue weighted by Crippen LogP contribution is -2.29. The van der Waals surface area contributed by atoms with Gasteiger partial charge in [0.15, 0.2) is 0 Å². The SMILES string of the molecule is O/N=C1/c2ccc(O)cc2CC12Cc1ccc(O)cc1C2. The molecule has 2 aliphatic rings. The van der Waals surface area contributed by atoms with E-state index in [9.17, 15) is 15.4 Å². The number of benzene rings is 2. The second-order valence-corrected chi connectivity index (χ2v) is 6.05. The molecule has 2 aromatic carbocycles. The van der Waals surface area contributed by atoms with E-state index in [4.69, 9.17) is 0 Å². The molecule has 0 fully saturated rings. The lowest BCUT2D eigenvalue weighted by Gasteiger charge is -2.22. The van der Waals surface area contributed by atoms with Gasteiger partial charge >= 0.3 is 0 Å². The second-order valence-electron chi connectivity index (χ2n) is 6.05. The van der Waals surface area contributed by atoms with E-state index in [-0.39, 0.29) is 16.9 Å². The molecule has 0 heterocycles. The zero-order chi connectivity index (χ0) is 14.6. The molecule has 0 saturated heterocycles. The van der Waals surface area contributed by atoms with Crippen molar-refractivity contribution in [1.29, 1.82) is 0 Å². The molecule has 21 heavy (non-hydrogen) atoms. The van der Waals surface area contributed by atoms with Crippen LogP contribution >= 0.6 is 0 Å². The Labute approximate surface area is 122 Å². The average Bonchev–Trinajstić information content (AvgIpc) is 2.94. The summed E-state index contributed by atoms with van der Waals surface area (Å²) >= 11 is 0. The predicted molar refractivity (Wildman–Crippen MR) is 78.1 cm³/mol. The Hall–Kier alpha value is -2.49. The highest BCUT2D eigenvalue weighted by Crippen LogP contribution is 2.48. The van der Waals surface area contributed by atoms with Crippen molar-refractivity contribution in [3.05, 3.63) is 58.7 Å². The van der Waals surface area contributed by atoms with Gasteiger partial charge in [-0.15, -0.1) is 0 Å². The molecule has 0 aliphatic heterocycles. The number of aromatic hydroxyl groups is 2. The van der Waals surface area contributed by atoms with E-state index in [0.29, 0.717) is 5.71 Å². The number of hydrogen-bond donors (Lipinski definition) is 3. The predicted octanol–water partition coefficient (Wildman–Crippen LogP) is 2.62. The van der Waals surface area contributed by atoms with Gasteiger partial charge in [-0.1, -0.05) is 11.2 Å². The number of rotatable bonds is 0. The van der Waals surface area contributed by atoms with Crippen LogP contribution in [0, 0.1) is 5.41 Å². The number of oxime groups is 1. The minimum atomic E-state index is -0.263. The van der Waals surface area contributed by atoms with Crippen molar-refractivity contribution in [1.82, 2.24) is 0 Å². The topological polar surface area (TPSA) is 73.1 Å². The number of phenolic OH excluding ortho intramolecular Hbond substituents is 2. The van der Waals surface area contributed by atoms with Crippen molar-refractivity contribution in [2.45, 2.75) is 19.3 Å². The Kier molecular flexibility index (Phi) is 2.34. The highest BCUT2D eigenvalue weighted by atomic mass is 16.4. The third-order valence-corrected chi connectivity index (χ3v) is 4.72. The summed E-state index contributed by atoms with van der Waals surface area (Å²) in [5, 5.41) is 32.4. The molecule has 4 nitrogen and oxygen atoms in total. The van der Waals surface area contributed by atoms with Crippen molar-refractivity contribution in [2.75, 3.05) is 0 Å². The zero-order valence-electron chi connectivity index (χ0n) is 11.4. The summed E-state index contributed by atoms with van der Waals surface area (Å²) in [5.41, 5.74) is 4.64. The van der Waals surface area contributed by atoms with E-state index >= 15 is 0 Å². The molecule has 1 unspecified atom stereocenters. The van der Waals surface area contributed by atoms with E-state index in [0.717, 1.165) is 36.0 Å². The zero-order valence-corrected chi connectivity index (χ0v) is 11.4. The summed E-state index contributed by atoms with van der Waals surface area (Å²) in [4.78, 5) is 0. The van der Waals surface area contributed by atoms with Gasteiger partial charge in [-0.05, 0) is 66.3 Å². The molecule has 1 spiro atoms. The van der Waals surface area contributed by atoms with Gasteiger partial charge in [0.1, 0.15) is 11.5 Å². The molecule has 4 rings (SSSR count). The normalized spacial score (nSPS) is 24.5. The van der Waals surface area contributed by atoms with Crippen molar-refractivity contribution >= 4 is 5.71 Å². The minimum absolute atomic E-state index is 0.233. The van der Waals surface area contributed by atoms with Crippen LogP contribution in [0.5, 0.6) is 11.5 Å². The van der Waals surface area contributed by atoms with E-state index in [1.165, 1.54) is 5.56 Å². The maximum absolute atomic E-state index is 9.66. The second kappa shape index (κ2) is 4.01. The summed E-state index contributed by atoms with van der Waals surface area (Å²) in [6.07, 6.45) is 2.27. The summed E-state index contributed by atoms with van der Waals surface area (Å²) < 4.78 is 0. The van der Waals surface area contributed by atoms with Crippen LogP contribution in [0.3, 0.4) is 0 Å². The van der Waals surface area contributed by atoms with Crippen LogP contribution in [0.15, 0.2) is 41.6 Å². The van der Waals surface area contributed by atoms with Crippen LogP contribution in [0.25, 0.3) is 0 Å². The lowest BCUT2D eigenvalue weighted by molar-refractivity contribution is 0.307. The largest absolute Gasteiger partial charge is 0.508 e. The fraction of sp³-hybridized carbons (Fsp3) is 0.235. The van der Waals surface area contributed by atoms with Gasteiger partial charge in [-0.3, -0.25) is 0 Å². The van der Waals surface area contributed by atoms with Gasteiger partial charge in [0.05, 0.1) is 5.71 Å². The molecule has 106 valence electrons. The van der Waals surface area contributed by atoms with E-state index < -0.39 is 0 Å². The number of fused-ring (bicyclic) bond motifs is 2. The molecule has 2 aliphatic carbocycles. The van der Waals surface area contributed by atoms with E-state index in [1.807, 2.05) is 12.1 Å². The van der Waals surface area contributed by atoms with Crippen LogP contribution < -0.4 is 0 Å². The molecular formula is C17H15NO3. The third-order valence-electron chi connectivity index (χ3n) is 4.72. The quantitative estimate of drug-likeness (QED) is 0.513. The standard InChI is InChI=1S/C17H15NO3/c19-13-2-1-10-7-17(8-11(10)5-13)9-12-6-14(20)3-4-15(12)16(17)18-21/h1-6,19-21H,7-9H2/b18-16-. The molecule has 0 radical (unpaired) electrons. The Morgan fingerprint density at radius 1 is 0.810 bits per heavy atom. The van der Waals surface area contributed by atoms with Crippen molar-refractivity contribution in [3.8, 4) is 11.5 Å². The van der Waals surface area contributed by atoms with E-state index in [2.05, 4.69) is 5.16 Å². The van der Waals surface area contributed by atoms with Crippen LogP contribution in [-0.2, 0) is 19.3 Å². The monoisotopic (exact) mass is 281 g/mol. The molecule has 0 saturated carbocycles. The van der Waals surface area contributed by atoms with Gasteiger partial charge in [0, 0.05) is 11.0 Å². The fourth-order valence-electron chi connectivity index (χ4n) is 3.88. The van der Waals surface area contributed by atoms with Crippen molar-refractivity contribution in [2.24, 2.45) is 10.6 Å². The van der Waals surface area contributed by atoms with Gasteiger partial charge in [0.25, 0.3) is 0 Å². The maximum atomic E-state index is 9.66. The highest BCUT2D eigenvalue weighted by Gasteiger charge is 2.47. The number of nitrogens with zero attached hydrogens (tertiary/aromatic N) is 1. The smallest absolute Gasteiger partial charge is 0.115 e. The van der Waals surface area contributed by atoms with Crippen molar-refractivity contribution in [3.63, 3.8) is 0 Å². The first-order valence-electron chi connectivity index (χ1n) is 6.97. The van der Waals surface area contributed by atoms with Gasteiger partial charge in [0.2, 0.25) is 0 Å². The fourth-order valence-corrected chi connectivity index (χ4v) is 3.88. The molecule has 4 heteroatoms. The molecule has 3 N–H and O–H groups in total. The van der Waals surface area contributed by atoms with Gasteiger partial charge in [-0.25, -0.2) is 0 Å². The van der Waals surface area contributed by atoms with Crippen LogP contribution in [0.2, 0.25) is 0 Å². The summed E-state index contributed by atoms with van der Waals surface area (Å²) in [5.74, 6) is 0.498. The summed E-state index contributed by atoms with van der Waals surface area (Å²) in [6, 6.07) is 10.6.